The Balaban J connectivity index is 2.90. The first-order chi connectivity index (χ1) is 6.16. The van der Waals surface area contributed by atoms with Crippen molar-refractivity contribution in [1.82, 2.24) is 5.32 Å². The lowest BCUT2D eigenvalue weighted by molar-refractivity contribution is 0.614. The molecule has 1 aromatic rings. The maximum absolute atomic E-state index is 13.3. The van der Waals surface area contributed by atoms with Crippen LogP contribution < -0.4 is 5.32 Å². The van der Waals surface area contributed by atoms with E-state index in [0.717, 1.165) is 18.5 Å². The SMILES string of the molecule is CNCCc1ccc(Cl)c(F)c1C. The highest BCUT2D eigenvalue weighted by Crippen LogP contribution is 2.21. The van der Waals surface area contributed by atoms with Crippen LogP contribution in [0, 0.1) is 12.7 Å². The zero-order valence-electron chi connectivity index (χ0n) is 7.82. The molecule has 0 bridgehead atoms. The summed E-state index contributed by atoms with van der Waals surface area (Å²) >= 11 is 5.63. The molecule has 72 valence electrons. The second-order valence-corrected chi connectivity index (χ2v) is 3.41. The molecule has 0 aromatic heterocycles. The first kappa shape index (κ1) is 10.5. The van der Waals surface area contributed by atoms with Crippen LogP contribution in [0.15, 0.2) is 12.1 Å². The molecular formula is C10H13ClFN. The van der Waals surface area contributed by atoms with Gasteiger partial charge in [0.25, 0.3) is 0 Å². The van der Waals surface area contributed by atoms with E-state index < -0.39 is 0 Å². The van der Waals surface area contributed by atoms with Crippen molar-refractivity contribution in [2.75, 3.05) is 13.6 Å². The zero-order valence-corrected chi connectivity index (χ0v) is 8.58. The fourth-order valence-corrected chi connectivity index (χ4v) is 1.43. The second-order valence-electron chi connectivity index (χ2n) is 3.00. The summed E-state index contributed by atoms with van der Waals surface area (Å²) in [6.07, 6.45) is 0.830. The van der Waals surface area contributed by atoms with Gasteiger partial charge in [-0.1, -0.05) is 17.7 Å². The Labute approximate surface area is 82.9 Å². The van der Waals surface area contributed by atoms with Crippen molar-refractivity contribution in [3.63, 3.8) is 0 Å². The number of nitrogens with one attached hydrogen (secondary N) is 1. The summed E-state index contributed by atoms with van der Waals surface area (Å²) in [5.74, 6) is -0.296. The van der Waals surface area contributed by atoms with Crippen molar-refractivity contribution in [2.24, 2.45) is 0 Å². The average Bonchev–Trinajstić information content (AvgIpc) is 2.13. The lowest BCUT2D eigenvalue weighted by Crippen LogP contribution is -2.11. The normalized spacial score (nSPS) is 10.5. The van der Waals surface area contributed by atoms with Crippen molar-refractivity contribution in [2.45, 2.75) is 13.3 Å². The Morgan fingerprint density at radius 1 is 1.46 bits per heavy atom. The van der Waals surface area contributed by atoms with Crippen LogP contribution in [0.1, 0.15) is 11.1 Å². The number of hydrogen-bond acceptors (Lipinski definition) is 1. The Morgan fingerprint density at radius 2 is 2.15 bits per heavy atom. The molecule has 0 radical (unpaired) electrons. The molecule has 0 aliphatic rings. The number of likely N-dealkylation sites (N-methyl/N-ethyl adjacent to an activating group) is 1. The lowest BCUT2D eigenvalue weighted by Gasteiger charge is -2.07. The van der Waals surface area contributed by atoms with E-state index >= 15 is 0 Å². The lowest BCUT2D eigenvalue weighted by atomic mass is 10.1. The van der Waals surface area contributed by atoms with Gasteiger partial charge in [-0.05, 0) is 44.1 Å². The predicted molar refractivity (Wildman–Crippen MR) is 53.8 cm³/mol. The summed E-state index contributed by atoms with van der Waals surface area (Å²) in [4.78, 5) is 0. The molecule has 0 saturated carbocycles. The summed E-state index contributed by atoms with van der Waals surface area (Å²) in [6, 6.07) is 3.48. The van der Waals surface area contributed by atoms with Gasteiger partial charge in [0.15, 0.2) is 0 Å². The third kappa shape index (κ3) is 2.42. The first-order valence-electron chi connectivity index (χ1n) is 4.25. The molecule has 0 atom stereocenters. The van der Waals surface area contributed by atoms with Gasteiger partial charge in [0, 0.05) is 0 Å². The maximum Gasteiger partial charge on any atom is 0.144 e. The Hall–Kier alpha value is -0.600. The van der Waals surface area contributed by atoms with Gasteiger partial charge in [-0.25, -0.2) is 4.39 Å². The van der Waals surface area contributed by atoms with Crippen LogP contribution in [-0.2, 0) is 6.42 Å². The molecule has 0 aliphatic carbocycles. The van der Waals surface area contributed by atoms with Crippen molar-refractivity contribution in [1.29, 1.82) is 0 Å². The average molecular weight is 202 g/mol. The largest absolute Gasteiger partial charge is 0.319 e. The minimum atomic E-state index is -0.296. The first-order valence-corrected chi connectivity index (χ1v) is 4.62. The Morgan fingerprint density at radius 3 is 2.77 bits per heavy atom. The van der Waals surface area contributed by atoms with E-state index in [2.05, 4.69) is 5.32 Å². The van der Waals surface area contributed by atoms with Gasteiger partial charge in [0.1, 0.15) is 5.82 Å². The van der Waals surface area contributed by atoms with Gasteiger partial charge in [-0.2, -0.15) is 0 Å². The fourth-order valence-electron chi connectivity index (χ4n) is 1.22. The topological polar surface area (TPSA) is 12.0 Å². The number of rotatable bonds is 3. The number of halogens is 2. The second kappa shape index (κ2) is 4.58. The standard InChI is InChI=1S/C10H13ClFN/c1-7-8(5-6-13-2)3-4-9(11)10(7)12/h3-4,13H,5-6H2,1-2H3. The van der Waals surface area contributed by atoms with E-state index in [1.807, 2.05) is 13.1 Å². The van der Waals surface area contributed by atoms with E-state index in [1.54, 1.807) is 13.0 Å². The van der Waals surface area contributed by atoms with Crippen LogP contribution in [-0.4, -0.2) is 13.6 Å². The summed E-state index contributed by atoms with van der Waals surface area (Å²) < 4.78 is 13.3. The molecule has 0 aliphatic heterocycles. The van der Waals surface area contributed by atoms with Crippen LogP contribution in [0.2, 0.25) is 5.02 Å². The molecule has 13 heavy (non-hydrogen) atoms. The van der Waals surface area contributed by atoms with Gasteiger partial charge in [-0.15, -0.1) is 0 Å². The van der Waals surface area contributed by atoms with Crippen molar-refractivity contribution in [3.05, 3.63) is 34.1 Å². The van der Waals surface area contributed by atoms with Gasteiger partial charge >= 0.3 is 0 Å². The van der Waals surface area contributed by atoms with Crippen LogP contribution >= 0.6 is 11.6 Å². The molecule has 0 spiro atoms. The molecule has 3 heteroatoms. The summed E-state index contributed by atoms with van der Waals surface area (Å²) in [6.45, 7) is 2.61. The van der Waals surface area contributed by atoms with Crippen LogP contribution in [0.25, 0.3) is 0 Å². The van der Waals surface area contributed by atoms with Gasteiger partial charge in [0.2, 0.25) is 0 Å². The highest BCUT2D eigenvalue weighted by atomic mass is 35.5. The summed E-state index contributed by atoms with van der Waals surface area (Å²) in [7, 11) is 1.88. The molecular weight excluding hydrogens is 189 g/mol. The van der Waals surface area contributed by atoms with Gasteiger partial charge in [0.05, 0.1) is 5.02 Å². The van der Waals surface area contributed by atoms with Gasteiger partial charge < -0.3 is 5.32 Å². The number of hydrogen-bond donors (Lipinski definition) is 1. The summed E-state index contributed by atoms with van der Waals surface area (Å²) in [5.41, 5.74) is 1.67. The van der Waals surface area contributed by atoms with Gasteiger partial charge in [-0.3, -0.25) is 0 Å². The zero-order chi connectivity index (χ0) is 9.84. The van der Waals surface area contributed by atoms with Crippen LogP contribution in [0.3, 0.4) is 0 Å². The molecule has 1 rings (SSSR count). The van der Waals surface area contributed by atoms with Crippen molar-refractivity contribution >= 4 is 11.6 Å². The predicted octanol–water partition coefficient (Wildman–Crippen LogP) is 2.55. The minimum absolute atomic E-state index is 0.200. The Kier molecular flexibility index (Phi) is 3.70. The molecule has 0 fully saturated rings. The summed E-state index contributed by atoms with van der Waals surface area (Å²) in [5, 5.41) is 3.22. The minimum Gasteiger partial charge on any atom is -0.319 e. The van der Waals surface area contributed by atoms with Crippen LogP contribution in [0.4, 0.5) is 4.39 Å². The highest BCUT2D eigenvalue weighted by molar-refractivity contribution is 6.30. The maximum atomic E-state index is 13.3. The van der Waals surface area contributed by atoms with E-state index in [-0.39, 0.29) is 10.8 Å². The molecule has 0 saturated heterocycles. The Bertz CT molecular complexity index is 299. The molecule has 0 amide bonds. The molecule has 1 nitrogen and oxygen atoms in total. The molecule has 1 N–H and O–H groups in total. The molecule has 0 unspecified atom stereocenters. The van der Waals surface area contributed by atoms with Crippen LogP contribution in [0.5, 0.6) is 0 Å². The van der Waals surface area contributed by atoms with E-state index in [0.29, 0.717) is 5.56 Å². The van der Waals surface area contributed by atoms with E-state index in [1.165, 1.54) is 0 Å². The van der Waals surface area contributed by atoms with E-state index in [4.69, 9.17) is 11.6 Å². The third-order valence-electron chi connectivity index (χ3n) is 2.10. The number of benzene rings is 1. The monoisotopic (exact) mass is 201 g/mol. The molecule has 0 heterocycles. The van der Waals surface area contributed by atoms with Crippen molar-refractivity contribution in [3.8, 4) is 0 Å². The third-order valence-corrected chi connectivity index (χ3v) is 2.39. The molecule has 1 aromatic carbocycles. The smallest absolute Gasteiger partial charge is 0.144 e. The van der Waals surface area contributed by atoms with E-state index in [9.17, 15) is 4.39 Å². The van der Waals surface area contributed by atoms with Crippen molar-refractivity contribution < 1.29 is 4.39 Å². The highest BCUT2D eigenvalue weighted by Gasteiger charge is 2.06. The quantitative estimate of drug-likeness (QED) is 0.793. The fraction of sp³-hybridized carbons (Fsp3) is 0.400.